The summed E-state index contributed by atoms with van der Waals surface area (Å²) in [5.74, 6) is 1.22. The zero-order valence-electron chi connectivity index (χ0n) is 9.11. The molecule has 0 spiro atoms. The highest BCUT2D eigenvalue weighted by Gasteiger charge is 2.15. The number of rotatable bonds is 2. The standard InChI is InChI=1S/C10H12N6O/c17-16-7-12-14-10(16)8-2-1-3-9(13-8)15-5-4-11-6-15/h1-3,7,11,17H,4-6H2. The van der Waals surface area contributed by atoms with Gasteiger partial charge in [-0.1, -0.05) is 6.07 Å². The molecule has 0 unspecified atom stereocenters. The van der Waals surface area contributed by atoms with E-state index in [0.717, 1.165) is 30.3 Å². The molecule has 1 aliphatic rings. The summed E-state index contributed by atoms with van der Waals surface area (Å²) in [6.45, 7) is 2.69. The lowest BCUT2D eigenvalue weighted by Crippen LogP contribution is -2.22. The topological polar surface area (TPSA) is 79.1 Å². The number of nitrogens with zero attached hydrogens (tertiary/aromatic N) is 5. The predicted molar refractivity (Wildman–Crippen MR) is 60.7 cm³/mol. The van der Waals surface area contributed by atoms with Gasteiger partial charge in [-0.3, -0.25) is 5.32 Å². The van der Waals surface area contributed by atoms with Crippen LogP contribution < -0.4 is 10.2 Å². The zero-order chi connectivity index (χ0) is 11.7. The summed E-state index contributed by atoms with van der Waals surface area (Å²) in [6, 6.07) is 5.63. The summed E-state index contributed by atoms with van der Waals surface area (Å²) in [4.78, 5) is 6.59. The molecule has 0 aliphatic carbocycles. The summed E-state index contributed by atoms with van der Waals surface area (Å²) in [5, 5.41) is 20.2. The van der Waals surface area contributed by atoms with Crippen molar-refractivity contribution in [3.8, 4) is 11.5 Å². The van der Waals surface area contributed by atoms with Gasteiger partial charge in [-0.05, 0) is 12.1 Å². The SMILES string of the molecule is On1cnnc1-c1cccc(N2CCNC2)n1. The monoisotopic (exact) mass is 232 g/mol. The Morgan fingerprint density at radius 3 is 3.00 bits per heavy atom. The molecule has 0 radical (unpaired) electrons. The van der Waals surface area contributed by atoms with Crippen molar-refractivity contribution in [1.82, 2.24) is 25.2 Å². The van der Waals surface area contributed by atoms with Crippen molar-refractivity contribution in [2.45, 2.75) is 0 Å². The molecule has 0 aromatic carbocycles. The molecule has 2 aromatic heterocycles. The van der Waals surface area contributed by atoms with E-state index in [1.807, 2.05) is 12.1 Å². The first-order chi connectivity index (χ1) is 8.34. The highest BCUT2D eigenvalue weighted by atomic mass is 16.5. The molecule has 0 atom stereocenters. The fourth-order valence-electron chi connectivity index (χ4n) is 1.83. The van der Waals surface area contributed by atoms with Crippen LogP contribution in [0.25, 0.3) is 11.5 Å². The van der Waals surface area contributed by atoms with Crippen LogP contribution in [-0.4, -0.2) is 44.9 Å². The lowest BCUT2D eigenvalue weighted by atomic mass is 10.3. The summed E-state index contributed by atoms with van der Waals surface area (Å²) >= 11 is 0. The normalized spacial score (nSPS) is 15.4. The quantitative estimate of drug-likeness (QED) is 0.706. The van der Waals surface area contributed by atoms with E-state index in [0.29, 0.717) is 11.5 Å². The third-order valence-corrected chi connectivity index (χ3v) is 2.68. The molecule has 1 aliphatic heterocycles. The Labute approximate surface area is 97.7 Å². The number of hydrogen-bond acceptors (Lipinski definition) is 6. The van der Waals surface area contributed by atoms with E-state index in [1.165, 1.54) is 6.33 Å². The molecule has 3 rings (SSSR count). The van der Waals surface area contributed by atoms with Crippen LogP contribution in [0.15, 0.2) is 24.5 Å². The van der Waals surface area contributed by atoms with E-state index >= 15 is 0 Å². The number of aromatic nitrogens is 4. The van der Waals surface area contributed by atoms with Gasteiger partial charge < -0.3 is 10.1 Å². The minimum Gasteiger partial charge on any atom is -0.425 e. The summed E-state index contributed by atoms with van der Waals surface area (Å²) < 4.78 is 0.869. The smallest absolute Gasteiger partial charge is 0.217 e. The van der Waals surface area contributed by atoms with E-state index in [9.17, 15) is 5.21 Å². The molecule has 7 nitrogen and oxygen atoms in total. The third kappa shape index (κ3) is 1.80. The van der Waals surface area contributed by atoms with E-state index in [4.69, 9.17) is 0 Å². The first-order valence-electron chi connectivity index (χ1n) is 5.37. The van der Waals surface area contributed by atoms with Crippen molar-refractivity contribution in [2.24, 2.45) is 0 Å². The van der Waals surface area contributed by atoms with Crippen LogP contribution in [-0.2, 0) is 0 Å². The van der Waals surface area contributed by atoms with Crippen LogP contribution in [0.3, 0.4) is 0 Å². The number of pyridine rings is 1. The number of nitrogens with one attached hydrogen (secondary N) is 1. The van der Waals surface area contributed by atoms with E-state index in [2.05, 4.69) is 25.4 Å². The third-order valence-electron chi connectivity index (χ3n) is 2.68. The largest absolute Gasteiger partial charge is 0.425 e. The molecule has 1 saturated heterocycles. The molecular formula is C10H12N6O. The molecule has 2 N–H and O–H groups in total. The molecule has 17 heavy (non-hydrogen) atoms. The highest BCUT2D eigenvalue weighted by Crippen LogP contribution is 2.18. The van der Waals surface area contributed by atoms with Crippen LogP contribution in [0.2, 0.25) is 0 Å². The van der Waals surface area contributed by atoms with Crippen LogP contribution in [0, 0.1) is 0 Å². The van der Waals surface area contributed by atoms with Gasteiger partial charge in [0.15, 0.2) is 6.33 Å². The van der Waals surface area contributed by atoms with Crippen molar-refractivity contribution >= 4 is 5.82 Å². The van der Waals surface area contributed by atoms with Crippen LogP contribution in [0.1, 0.15) is 0 Å². The lowest BCUT2D eigenvalue weighted by Gasteiger charge is -2.15. The Morgan fingerprint density at radius 1 is 1.35 bits per heavy atom. The Hall–Kier alpha value is -2.15. The van der Waals surface area contributed by atoms with Gasteiger partial charge in [-0.25, -0.2) is 4.98 Å². The van der Waals surface area contributed by atoms with E-state index in [1.54, 1.807) is 6.07 Å². The highest BCUT2D eigenvalue weighted by molar-refractivity contribution is 5.54. The maximum absolute atomic E-state index is 9.49. The maximum atomic E-state index is 9.49. The fraction of sp³-hybridized carbons (Fsp3) is 0.300. The molecule has 88 valence electrons. The van der Waals surface area contributed by atoms with Crippen LogP contribution in [0.4, 0.5) is 5.82 Å². The van der Waals surface area contributed by atoms with Crippen molar-refractivity contribution in [2.75, 3.05) is 24.7 Å². The minimum atomic E-state index is 0.346. The lowest BCUT2D eigenvalue weighted by molar-refractivity contribution is 0.189. The average molecular weight is 232 g/mol. The van der Waals surface area contributed by atoms with Gasteiger partial charge in [0.05, 0.1) is 6.67 Å². The summed E-state index contributed by atoms with van der Waals surface area (Å²) in [5.41, 5.74) is 0.606. The van der Waals surface area contributed by atoms with Crippen molar-refractivity contribution in [3.63, 3.8) is 0 Å². The van der Waals surface area contributed by atoms with E-state index < -0.39 is 0 Å². The number of anilines is 1. The van der Waals surface area contributed by atoms with Crippen molar-refractivity contribution in [1.29, 1.82) is 0 Å². The average Bonchev–Trinajstić information content (AvgIpc) is 2.99. The van der Waals surface area contributed by atoms with E-state index in [-0.39, 0.29) is 0 Å². The Bertz CT molecular complexity index is 519. The van der Waals surface area contributed by atoms with Crippen molar-refractivity contribution in [3.05, 3.63) is 24.5 Å². The van der Waals surface area contributed by atoms with Gasteiger partial charge in [0.25, 0.3) is 0 Å². The van der Waals surface area contributed by atoms with Crippen LogP contribution in [0.5, 0.6) is 0 Å². The maximum Gasteiger partial charge on any atom is 0.217 e. The molecule has 3 heterocycles. The van der Waals surface area contributed by atoms with Gasteiger partial charge in [0.2, 0.25) is 5.82 Å². The molecule has 7 heteroatoms. The van der Waals surface area contributed by atoms with Gasteiger partial charge in [-0.15, -0.1) is 10.2 Å². The molecule has 1 fully saturated rings. The molecule has 0 amide bonds. The van der Waals surface area contributed by atoms with Crippen LogP contribution >= 0.6 is 0 Å². The van der Waals surface area contributed by atoms with Gasteiger partial charge in [0, 0.05) is 13.1 Å². The Kier molecular flexibility index (Phi) is 2.37. The number of hydrogen-bond donors (Lipinski definition) is 2. The second kappa shape index (κ2) is 4.02. The van der Waals surface area contributed by atoms with Crippen molar-refractivity contribution < 1.29 is 5.21 Å². The molecule has 0 bridgehead atoms. The second-order valence-electron chi connectivity index (χ2n) is 3.80. The second-order valence-corrected chi connectivity index (χ2v) is 3.80. The predicted octanol–water partition coefficient (Wildman–Crippen LogP) is -0.0555. The van der Waals surface area contributed by atoms with Gasteiger partial charge in [-0.2, -0.15) is 4.73 Å². The molecule has 0 saturated carbocycles. The Balaban J connectivity index is 1.96. The minimum absolute atomic E-state index is 0.346. The molecule has 2 aromatic rings. The first kappa shape index (κ1) is 10.0. The first-order valence-corrected chi connectivity index (χ1v) is 5.37. The summed E-state index contributed by atoms with van der Waals surface area (Å²) in [6.07, 6.45) is 1.24. The van der Waals surface area contributed by atoms with Gasteiger partial charge >= 0.3 is 0 Å². The molecular weight excluding hydrogens is 220 g/mol. The van der Waals surface area contributed by atoms with Gasteiger partial charge in [0.1, 0.15) is 11.5 Å². The summed E-state index contributed by atoms with van der Waals surface area (Å²) in [7, 11) is 0. The zero-order valence-corrected chi connectivity index (χ0v) is 9.11. The fourth-order valence-corrected chi connectivity index (χ4v) is 1.83. The Morgan fingerprint density at radius 2 is 2.29 bits per heavy atom.